The van der Waals surface area contributed by atoms with Crippen molar-refractivity contribution in [3.63, 3.8) is 0 Å². The zero-order valence-electron chi connectivity index (χ0n) is 17.8. The molecule has 0 saturated heterocycles. The summed E-state index contributed by atoms with van der Waals surface area (Å²) in [5.41, 5.74) is 6.35. The summed E-state index contributed by atoms with van der Waals surface area (Å²) in [5.74, 6) is -1.63. The summed E-state index contributed by atoms with van der Waals surface area (Å²) >= 11 is 0. The predicted octanol–water partition coefficient (Wildman–Crippen LogP) is 0.374. The molecule has 2 amide bonds. The number of aliphatic hydroxyl groups excluding tert-OH is 1. The summed E-state index contributed by atoms with van der Waals surface area (Å²) in [6.07, 6.45) is 0.530. The highest BCUT2D eigenvalue weighted by Gasteiger charge is 2.47. The van der Waals surface area contributed by atoms with Crippen molar-refractivity contribution < 1.29 is 24.2 Å². The van der Waals surface area contributed by atoms with Gasteiger partial charge in [0.25, 0.3) is 0 Å². The van der Waals surface area contributed by atoms with Gasteiger partial charge in [0.05, 0.1) is 13.2 Å². The van der Waals surface area contributed by atoms with Gasteiger partial charge in [-0.2, -0.15) is 0 Å². The van der Waals surface area contributed by atoms with Crippen molar-refractivity contribution in [3.8, 4) is 0 Å². The number of hydrogen-bond acceptors (Lipinski definition) is 6. The molecule has 1 saturated carbocycles. The van der Waals surface area contributed by atoms with Gasteiger partial charge in [-0.3, -0.25) is 9.59 Å². The number of hydrogen-bond donors (Lipinski definition) is 4. The highest BCUT2D eigenvalue weighted by Crippen LogP contribution is 2.41. The van der Waals surface area contributed by atoms with Gasteiger partial charge in [-0.05, 0) is 30.2 Å². The quantitative estimate of drug-likeness (QED) is 0.384. The van der Waals surface area contributed by atoms with E-state index in [0.717, 1.165) is 5.56 Å². The first kappa shape index (κ1) is 23.8. The van der Waals surface area contributed by atoms with Gasteiger partial charge < -0.3 is 26.2 Å². The van der Waals surface area contributed by atoms with Crippen LogP contribution in [0.15, 0.2) is 30.3 Å². The van der Waals surface area contributed by atoms with Crippen LogP contribution < -0.4 is 16.4 Å². The minimum Gasteiger partial charge on any atom is -0.467 e. The SMILES string of the molecule is COC(=O)[C@H](CC(C)C)NC(=O)[C@H](Cc1ccccc1)NC(=O)[C@@H]1C[C@@H]1[C@@H](O)CN. The van der Waals surface area contributed by atoms with Gasteiger partial charge >= 0.3 is 5.97 Å². The molecular formula is C22H33N3O5. The summed E-state index contributed by atoms with van der Waals surface area (Å²) in [7, 11) is 1.28. The number of esters is 1. The average molecular weight is 420 g/mol. The number of nitrogens with one attached hydrogen (secondary N) is 2. The molecule has 5 N–H and O–H groups in total. The molecule has 30 heavy (non-hydrogen) atoms. The van der Waals surface area contributed by atoms with Crippen molar-refractivity contribution >= 4 is 17.8 Å². The third-order valence-electron chi connectivity index (χ3n) is 5.34. The molecule has 0 heterocycles. The fraction of sp³-hybridized carbons (Fsp3) is 0.591. The molecule has 8 nitrogen and oxygen atoms in total. The van der Waals surface area contributed by atoms with E-state index in [4.69, 9.17) is 10.5 Å². The van der Waals surface area contributed by atoms with E-state index in [1.54, 1.807) is 0 Å². The van der Waals surface area contributed by atoms with E-state index in [0.29, 0.717) is 12.8 Å². The number of aliphatic hydroxyl groups is 1. The number of amides is 2. The van der Waals surface area contributed by atoms with Crippen molar-refractivity contribution in [1.82, 2.24) is 10.6 Å². The summed E-state index contributed by atoms with van der Waals surface area (Å²) in [6.45, 7) is 3.99. The lowest BCUT2D eigenvalue weighted by atomic mass is 10.0. The molecule has 1 aromatic rings. The van der Waals surface area contributed by atoms with Crippen LogP contribution in [0, 0.1) is 17.8 Å². The molecule has 0 unspecified atom stereocenters. The Morgan fingerprint density at radius 1 is 1.17 bits per heavy atom. The number of rotatable bonds is 11. The molecule has 8 heteroatoms. The van der Waals surface area contributed by atoms with Crippen LogP contribution in [-0.2, 0) is 25.5 Å². The lowest BCUT2D eigenvalue weighted by molar-refractivity contribution is -0.145. The summed E-state index contributed by atoms with van der Waals surface area (Å²) in [5, 5.41) is 15.4. The smallest absolute Gasteiger partial charge is 0.328 e. The van der Waals surface area contributed by atoms with Gasteiger partial charge in [0.1, 0.15) is 12.1 Å². The third kappa shape index (κ3) is 6.81. The molecule has 2 rings (SSSR count). The van der Waals surface area contributed by atoms with E-state index in [-0.39, 0.29) is 36.6 Å². The van der Waals surface area contributed by atoms with Gasteiger partial charge in [-0.15, -0.1) is 0 Å². The fourth-order valence-corrected chi connectivity index (χ4v) is 3.55. The Kier molecular flexibility index (Phi) is 8.80. The van der Waals surface area contributed by atoms with Crippen LogP contribution in [0.2, 0.25) is 0 Å². The first-order chi connectivity index (χ1) is 14.3. The Morgan fingerprint density at radius 2 is 1.83 bits per heavy atom. The number of benzene rings is 1. The van der Waals surface area contributed by atoms with Gasteiger partial charge in [-0.25, -0.2) is 4.79 Å². The second kappa shape index (κ2) is 11.1. The molecule has 5 atom stereocenters. The van der Waals surface area contributed by atoms with Gasteiger partial charge in [0.2, 0.25) is 11.8 Å². The maximum atomic E-state index is 13.0. The first-order valence-corrected chi connectivity index (χ1v) is 10.4. The normalized spacial score (nSPS) is 20.7. The molecule has 166 valence electrons. The Morgan fingerprint density at radius 3 is 2.40 bits per heavy atom. The maximum Gasteiger partial charge on any atom is 0.328 e. The minimum absolute atomic E-state index is 0.0956. The van der Waals surface area contributed by atoms with E-state index in [1.165, 1.54) is 7.11 Å². The number of methoxy groups -OCH3 is 1. The standard InChI is InChI=1S/C22H33N3O5/c1-13(2)9-18(22(29)30-3)25-21(28)17(10-14-7-5-4-6-8-14)24-20(27)16-11-15(16)19(26)12-23/h4-8,13,15-19,26H,9-12,23H2,1-3H3,(H,24,27)(H,25,28)/t15-,16+,17-,18-,19-/m0/s1. The molecule has 0 bridgehead atoms. The molecular weight excluding hydrogens is 386 g/mol. The topological polar surface area (TPSA) is 131 Å². The second-order valence-corrected chi connectivity index (χ2v) is 8.27. The number of ether oxygens (including phenoxy) is 1. The highest BCUT2D eigenvalue weighted by atomic mass is 16.5. The van der Waals surface area contributed by atoms with Crippen molar-refractivity contribution in [3.05, 3.63) is 35.9 Å². The molecule has 0 aromatic heterocycles. The maximum absolute atomic E-state index is 13.0. The molecule has 0 spiro atoms. The van der Waals surface area contributed by atoms with E-state index in [9.17, 15) is 19.5 Å². The van der Waals surface area contributed by atoms with Gasteiger partial charge in [0, 0.05) is 18.9 Å². The first-order valence-electron chi connectivity index (χ1n) is 10.4. The van der Waals surface area contributed by atoms with E-state index in [2.05, 4.69) is 10.6 Å². The number of nitrogens with two attached hydrogens (primary N) is 1. The minimum atomic E-state index is -0.851. The average Bonchev–Trinajstić information content (AvgIpc) is 3.53. The molecule has 1 aliphatic carbocycles. The molecule has 1 aromatic carbocycles. The Balaban J connectivity index is 2.11. The lowest BCUT2D eigenvalue weighted by Gasteiger charge is -2.23. The van der Waals surface area contributed by atoms with Crippen molar-refractivity contribution in [2.45, 2.75) is 51.3 Å². The number of carbonyl (C=O) groups is 3. The molecule has 0 radical (unpaired) electrons. The van der Waals surface area contributed by atoms with Crippen LogP contribution in [0.4, 0.5) is 0 Å². The lowest BCUT2D eigenvalue weighted by Crippen LogP contribution is -2.53. The summed E-state index contributed by atoms with van der Waals surface area (Å²) in [4.78, 5) is 37.8. The Labute approximate surface area is 177 Å². The van der Waals surface area contributed by atoms with Crippen molar-refractivity contribution in [2.24, 2.45) is 23.5 Å². The van der Waals surface area contributed by atoms with Crippen LogP contribution in [0.5, 0.6) is 0 Å². The summed E-state index contributed by atoms with van der Waals surface area (Å²) in [6, 6.07) is 7.69. The van der Waals surface area contributed by atoms with Crippen molar-refractivity contribution in [2.75, 3.05) is 13.7 Å². The fourth-order valence-electron chi connectivity index (χ4n) is 3.55. The van der Waals surface area contributed by atoms with Crippen molar-refractivity contribution in [1.29, 1.82) is 0 Å². The third-order valence-corrected chi connectivity index (χ3v) is 5.34. The van der Waals surface area contributed by atoms with Crippen LogP contribution in [-0.4, -0.2) is 54.7 Å². The van der Waals surface area contributed by atoms with Gasteiger partial charge in [0.15, 0.2) is 0 Å². The zero-order chi connectivity index (χ0) is 22.3. The van der Waals surface area contributed by atoms with Crippen LogP contribution in [0.3, 0.4) is 0 Å². The summed E-state index contributed by atoms with van der Waals surface area (Å²) < 4.78 is 4.81. The Hall–Kier alpha value is -2.45. The van der Waals surface area contributed by atoms with Crippen LogP contribution in [0.25, 0.3) is 0 Å². The Bertz CT molecular complexity index is 725. The largest absolute Gasteiger partial charge is 0.467 e. The molecule has 1 aliphatic rings. The molecule has 1 fully saturated rings. The monoisotopic (exact) mass is 419 g/mol. The predicted molar refractivity (Wildman–Crippen MR) is 112 cm³/mol. The van der Waals surface area contributed by atoms with Crippen LogP contribution >= 0.6 is 0 Å². The van der Waals surface area contributed by atoms with Crippen LogP contribution in [0.1, 0.15) is 32.3 Å². The van der Waals surface area contributed by atoms with Gasteiger partial charge in [-0.1, -0.05) is 44.2 Å². The highest BCUT2D eigenvalue weighted by molar-refractivity contribution is 5.92. The molecule has 0 aliphatic heterocycles. The number of carbonyl (C=O) groups excluding carboxylic acids is 3. The zero-order valence-corrected chi connectivity index (χ0v) is 17.8. The van der Waals surface area contributed by atoms with E-state index in [1.807, 2.05) is 44.2 Å². The van der Waals surface area contributed by atoms with E-state index < -0.39 is 30.1 Å². The van der Waals surface area contributed by atoms with E-state index >= 15 is 0 Å². The second-order valence-electron chi connectivity index (χ2n) is 8.27.